The summed E-state index contributed by atoms with van der Waals surface area (Å²) in [5.41, 5.74) is 0.838. The molecule has 1 aromatic carbocycles. The van der Waals surface area contributed by atoms with E-state index < -0.39 is 0 Å². The zero-order valence-electron chi connectivity index (χ0n) is 11.0. The molecule has 1 aromatic rings. The standard InChI is InChI=1S/C14H17ClN2O2/c1-3-17-12(18)8-10(14(19)16-2)13(17)9-6-4-5-7-11(9)15/h4-7,10,13H,3,8H2,1-2H3,(H,16,19)/t10-,13+/m1/s1. The molecule has 0 radical (unpaired) electrons. The van der Waals surface area contributed by atoms with E-state index in [0.29, 0.717) is 11.6 Å². The van der Waals surface area contributed by atoms with Crippen molar-refractivity contribution < 1.29 is 9.59 Å². The molecule has 2 amide bonds. The lowest BCUT2D eigenvalue weighted by Gasteiger charge is -2.27. The Morgan fingerprint density at radius 1 is 1.47 bits per heavy atom. The Morgan fingerprint density at radius 2 is 2.16 bits per heavy atom. The van der Waals surface area contributed by atoms with Crippen LogP contribution in [0.5, 0.6) is 0 Å². The van der Waals surface area contributed by atoms with Gasteiger partial charge in [0.15, 0.2) is 0 Å². The van der Waals surface area contributed by atoms with Crippen LogP contribution >= 0.6 is 11.6 Å². The minimum atomic E-state index is -0.377. The van der Waals surface area contributed by atoms with Crippen molar-refractivity contribution in [2.45, 2.75) is 19.4 Å². The number of amides is 2. The molecule has 0 aliphatic carbocycles. The van der Waals surface area contributed by atoms with E-state index in [2.05, 4.69) is 5.32 Å². The van der Waals surface area contributed by atoms with Crippen LogP contribution in [0.3, 0.4) is 0 Å². The van der Waals surface area contributed by atoms with Gasteiger partial charge in [-0.25, -0.2) is 0 Å². The Bertz CT molecular complexity index is 502. The predicted molar refractivity (Wildman–Crippen MR) is 73.8 cm³/mol. The third-order valence-electron chi connectivity index (χ3n) is 3.58. The minimum Gasteiger partial charge on any atom is -0.359 e. The van der Waals surface area contributed by atoms with Crippen LogP contribution in [-0.4, -0.2) is 30.3 Å². The third-order valence-corrected chi connectivity index (χ3v) is 3.92. The van der Waals surface area contributed by atoms with E-state index in [1.54, 1.807) is 18.0 Å². The number of likely N-dealkylation sites (tertiary alicyclic amines) is 1. The summed E-state index contributed by atoms with van der Waals surface area (Å²) in [5, 5.41) is 3.22. The van der Waals surface area contributed by atoms with Crippen LogP contribution in [0, 0.1) is 5.92 Å². The van der Waals surface area contributed by atoms with Gasteiger partial charge in [0.1, 0.15) is 0 Å². The molecule has 1 saturated heterocycles. The summed E-state index contributed by atoms with van der Waals surface area (Å²) in [6.45, 7) is 2.48. The summed E-state index contributed by atoms with van der Waals surface area (Å²) in [7, 11) is 1.59. The van der Waals surface area contributed by atoms with Crippen molar-refractivity contribution >= 4 is 23.4 Å². The van der Waals surface area contributed by atoms with Crippen molar-refractivity contribution in [2.24, 2.45) is 5.92 Å². The fraction of sp³-hybridized carbons (Fsp3) is 0.429. The summed E-state index contributed by atoms with van der Waals surface area (Å²) in [4.78, 5) is 25.7. The van der Waals surface area contributed by atoms with Gasteiger partial charge in [0.2, 0.25) is 11.8 Å². The molecule has 1 heterocycles. The summed E-state index contributed by atoms with van der Waals surface area (Å²) < 4.78 is 0. The maximum atomic E-state index is 12.0. The van der Waals surface area contributed by atoms with Crippen molar-refractivity contribution in [1.82, 2.24) is 10.2 Å². The number of hydrogen-bond donors (Lipinski definition) is 1. The summed E-state index contributed by atoms with van der Waals surface area (Å²) in [6, 6.07) is 7.11. The summed E-state index contributed by atoms with van der Waals surface area (Å²) in [5.74, 6) is -0.493. The molecule has 5 heteroatoms. The Hall–Kier alpha value is -1.55. The molecular weight excluding hydrogens is 264 g/mol. The van der Waals surface area contributed by atoms with Gasteiger partial charge in [-0.2, -0.15) is 0 Å². The molecule has 4 nitrogen and oxygen atoms in total. The Labute approximate surface area is 117 Å². The topological polar surface area (TPSA) is 49.4 Å². The monoisotopic (exact) mass is 280 g/mol. The van der Waals surface area contributed by atoms with Crippen LogP contribution < -0.4 is 5.32 Å². The van der Waals surface area contributed by atoms with E-state index in [-0.39, 0.29) is 30.2 Å². The Morgan fingerprint density at radius 3 is 2.74 bits per heavy atom. The van der Waals surface area contributed by atoms with Gasteiger partial charge < -0.3 is 10.2 Å². The highest BCUT2D eigenvalue weighted by atomic mass is 35.5. The highest BCUT2D eigenvalue weighted by Crippen LogP contribution is 2.40. The first-order valence-electron chi connectivity index (χ1n) is 6.35. The molecule has 0 bridgehead atoms. The van der Waals surface area contributed by atoms with Crippen molar-refractivity contribution in [1.29, 1.82) is 0 Å². The lowest BCUT2D eigenvalue weighted by atomic mass is 9.93. The van der Waals surface area contributed by atoms with E-state index in [1.807, 2.05) is 25.1 Å². The second-order valence-electron chi connectivity index (χ2n) is 4.57. The molecule has 1 aliphatic heterocycles. The number of carbonyl (C=O) groups excluding carboxylic acids is 2. The largest absolute Gasteiger partial charge is 0.359 e. The molecule has 19 heavy (non-hydrogen) atoms. The van der Waals surface area contributed by atoms with E-state index in [1.165, 1.54) is 0 Å². The molecule has 1 fully saturated rings. The molecular formula is C14H17ClN2O2. The predicted octanol–water partition coefficient (Wildman–Crippen LogP) is 2.00. The number of benzene rings is 1. The number of halogens is 1. The number of nitrogens with zero attached hydrogens (tertiary/aromatic N) is 1. The molecule has 0 spiro atoms. The quantitative estimate of drug-likeness (QED) is 0.921. The smallest absolute Gasteiger partial charge is 0.225 e. The Kier molecular flexibility index (Phi) is 4.10. The molecule has 0 aromatic heterocycles. The third kappa shape index (κ3) is 2.45. The SMILES string of the molecule is CCN1C(=O)C[C@@H](C(=O)NC)[C@@H]1c1ccccc1Cl. The first kappa shape index (κ1) is 13.9. The van der Waals surface area contributed by atoms with Crippen LogP contribution in [0.4, 0.5) is 0 Å². The molecule has 2 rings (SSSR count). The number of carbonyl (C=O) groups is 2. The lowest BCUT2D eigenvalue weighted by molar-refractivity contribution is -0.129. The van der Waals surface area contributed by atoms with E-state index in [0.717, 1.165) is 5.56 Å². The summed E-state index contributed by atoms with van der Waals surface area (Å²) >= 11 is 6.22. The normalized spacial score (nSPS) is 22.7. The molecule has 0 saturated carbocycles. The molecule has 102 valence electrons. The van der Waals surface area contributed by atoms with Gasteiger partial charge in [-0.05, 0) is 18.6 Å². The van der Waals surface area contributed by atoms with Crippen molar-refractivity contribution in [2.75, 3.05) is 13.6 Å². The first-order chi connectivity index (χ1) is 9.10. The fourth-order valence-corrected chi connectivity index (χ4v) is 2.93. The number of rotatable bonds is 3. The van der Waals surface area contributed by atoms with Crippen LogP contribution in [0.1, 0.15) is 24.9 Å². The van der Waals surface area contributed by atoms with Gasteiger partial charge >= 0.3 is 0 Å². The molecule has 0 unspecified atom stereocenters. The summed E-state index contributed by atoms with van der Waals surface area (Å²) in [6.07, 6.45) is 0.239. The van der Waals surface area contributed by atoms with Crippen LogP contribution in [0.25, 0.3) is 0 Å². The van der Waals surface area contributed by atoms with E-state index in [9.17, 15) is 9.59 Å². The van der Waals surface area contributed by atoms with Crippen molar-refractivity contribution in [3.8, 4) is 0 Å². The lowest BCUT2D eigenvalue weighted by Crippen LogP contribution is -2.34. The zero-order chi connectivity index (χ0) is 14.0. The second-order valence-corrected chi connectivity index (χ2v) is 4.98. The first-order valence-corrected chi connectivity index (χ1v) is 6.73. The highest BCUT2D eigenvalue weighted by molar-refractivity contribution is 6.31. The number of hydrogen-bond acceptors (Lipinski definition) is 2. The molecule has 1 N–H and O–H groups in total. The molecule has 2 atom stereocenters. The van der Waals surface area contributed by atoms with Crippen LogP contribution in [0.2, 0.25) is 5.02 Å². The van der Waals surface area contributed by atoms with Crippen LogP contribution in [-0.2, 0) is 9.59 Å². The number of nitrogens with one attached hydrogen (secondary N) is 1. The average Bonchev–Trinajstić information content (AvgIpc) is 2.75. The van der Waals surface area contributed by atoms with E-state index in [4.69, 9.17) is 11.6 Å². The maximum absolute atomic E-state index is 12.0. The fourth-order valence-electron chi connectivity index (χ4n) is 2.68. The minimum absolute atomic E-state index is 0.000944. The highest BCUT2D eigenvalue weighted by Gasteiger charge is 2.44. The van der Waals surface area contributed by atoms with Gasteiger partial charge in [-0.15, -0.1) is 0 Å². The van der Waals surface area contributed by atoms with Crippen LogP contribution in [0.15, 0.2) is 24.3 Å². The average molecular weight is 281 g/mol. The van der Waals surface area contributed by atoms with Gasteiger partial charge in [-0.3, -0.25) is 9.59 Å². The molecule has 1 aliphatic rings. The van der Waals surface area contributed by atoms with Crippen molar-refractivity contribution in [3.63, 3.8) is 0 Å². The Balaban J connectivity index is 2.44. The van der Waals surface area contributed by atoms with Gasteiger partial charge in [-0.1, -0.05) is 29.8 Å². The maximum Gasteiger partial charge on any atom is 0.225 e. The second kappa shape index (κ2) is 5.61. The van der Waals surface area contributed by atoms with Crippen molar-refractivity contribution in [3.05, 3.63) is 34.9 Å². The van der Waals surface area contributed by atoms with E-state index >= 15 is 0 Å². The van der Waals surface area contributed by atoms with Gasteiger partial charge in [0.25, 0.3) is 0 Å². The zero-order valence-corrected chi connectivity index (χ0v) is 11.8. The van der Waals surface area contributed by atoms with Gasteiger partial charge in [0.05, 0.1) is 12.0 Å². The van der Waals surface area contributed by atoms with Gasteiger partial charge in [0, 0.05) is 25.0 Å².